The van der Waals surface area contributed by atoms with E-state index < -0.39 is 0 Å². The summed E-state index contributed by atoms with van der Waals surface area (Å²) in [4.78, 5) is 0. The summed E-state index contributed by atoms with van der Waals surface area (Å²) < 4.78 is 13.5. The quantitative estimate of drug-likeness (QED) is 0.662. The monoisotopic (exact) mass is 171 g/mol. The number of aryl methyl sites for hydroxylation is 1. The van der Waals surface area contributed by atoms with Crippen LogP contribution in [0.15, 0.2) is 12.4 Å². The highest BCUT2D eigenvalue weighted by atomic mass is 19.1. The van der Waals surface area contributed by atoms with Gasteiger partial charge in [-0.05, 0) is 12.5 Å². The van der Waals surface area contributed by atoms with Crippen LogP contribution in [-0.2, 0) is 6.54 Å². The SMILES string of the molecule is Cc1cnn(CCNCCF)c1. The van der Waals surface area contributed by atoms with E-state index in [1.165, 1.54) is 0 Å². The van der Waals surface area contributed by atoms with Crippen molar-refractivity contribution in [3.63, 3.8) is 0 Å². The van der Waals surface area contributed by atoms with Crippen LogP contribution in [0, 0.1) is 6.92 Å². The van der Waals surface area contributed by atoms with Gasteiger partial charge < -0.3 is 5.32 Å². The summed E-state index contributed by atoms with van der Waals surface area (Å²) in [5.74, 6) is 0. The van der Waals surface area contributed by atoms with Crippen LogP contribution in [0.25, 0.3) is 0 Å². The first-order valence-electron chi connectivity index (χ1n) is 4.08. The summed E-state index contributed by atoms with van der Waals surface area (Å²) in [7, 11) is 0. The first-order valence-corrected chi connectivity index (χ1v) is 4.08. The maximum atomic E-state index is 11.6. The highest BCUT2D eigenvalue weighted by Crippen LogP contribution is 1.92. The number of nitrogens with one attached hydrogen (secondary N) is 1. The van der Waals surface area contributed by atoms with Crippen LogP contribution in [0.5, 0.6) is 0 Å². The zero-order valence-corrected chi connectivity index (χ0v) is 7.26. The van der Waals surface area contributed by atoms with Crippen molar-refractivity contribution >= 4 is 0 Å². The molecule has 0 spiro atoms. The van der Waals surface area contributed by atoms with Crippen LogP contribution in [0.1, 0.15) is 5.56 Å². The topological polar surface area (TPSA) is 29.9 Å². The lowest BCUT2D eigenvalue weighted by atomic mass is 10.4. The Labute approximate surface area is 71.6 Å². The molecule has 0 aromatic carbocycles. The molecular formula is C8H14FN3. The van der Waals surface area contributed by atoms with Crippen molar-refractivity contribution in [1.82, 2.24) is 15.1 Å². The molecule has 1 aromatic rings. The highest BCUT2D eigenvalue weighted by molar-refractivity contribution is 4.99. The molecule has 4 heteroatoms. The van der Waals surface area contributed by atoms with E-state index in [1.807, 2.05) is 24.0 Å². The molecule has 0 aliphatic heterocycles. The number of rotatable bonds is 5. The molecule has 0 aliphatic rings. The molecular weight excluding hydrogens is 157 g/mol. The molecule has 0 amide bonds. The molecule has 0 saturated carbocycles. The number of hydrogen-bond donors (Lipinski definition) is 1. The summed E-state index contributed by atoms with van der Waals surface area (Å²) in [5, 5.41) is 7.05. The van der Waals surface area contributed by atoms with Gasteiger partial charge in [0.05, 0.1) is 12.7 Å². The van der Waals surface area contributed by atoms with Crippen LogP contribution in [-0.4, -0.2) is 29.5 Å². The van der Waals surface area contributed by atoms with E-state index in [0.717, 1.165) is 18.7 Å². The Hall–Kier alpha value is -0.900. The second-order valence-corrected chi connectivity index (χ2v) is 2.72. The number of halogens is 1. The Kier molecular flexibility index (Phi) is 3.73. The number of aromatic nitrogens is 2. The molecule has 3 nitrogen and oxygen atoms in total. The molecule has 0 saturated heterocycles. The van der Waals surface area contributed by atoms with Crippen molar-refractivity contribution < 1.29 is 4.39 Å². The van der Waals surface area contributed by atoms with Crippen LogP contribution in [0.4, 0.5) is 4.39 Å². The molecule has 1 heterocycles. The molecule has 1 rings (SSSR count). The van der Waals surface area contributed by atoms with Crippen molar-refractivity contribution in [3.8, 4) is 0 Å². The standard InChI is InChI=1S/C8H14FN3/c1-8-6-11-12(7-8)5-4-10-3-2-9/h6-7,10H,2-5H2,1H3. The minimum absolute atomic E-state index is 0.307. The Morgan fingerprint density at radius 2 is 2.42 bits per heavy atom. The molecule has 0 unspecified atom stereocenters. The van der Waals surface area contributed by atoms with E-state index in [1.54, 1.807) is 0 Å². The van der Waals surface area contributed by atoms with Crippen molar-refractivity contribution in [2.75, 3.05) is 19.8 Å². The van der Waals surface area contributed by atoms with E-state index in [4.69, 9.17) is 0 Å². The fourth-order valence-corrected chi connectivity index (χ4v) is 0.975. The fourth-order valence-electron chi connectivity index (χ4n) is 0.975. The van der Waals surface area contributed by atoms with Crippen LogP contribution >= 0.6 is 0 Å². The molecule has 1 N–H and O–H groups in total. The summed E-state index contributed by atoms with van der Waals surface area (Å²) in [6.45, 7) is 3.69. The van der Waals surface area contributed by atoms with E-state index in [0.29, 0.717) is 6.54 Å². The van der Waals surface area contributed by atoms with Gasteiger partial charge in [-0.2, -0.15) is 5.10 Å². The predicted octanol–water partition coefficient (Wildman–Crippen LogP) is 0.751. The van der Waals surface area contributed by atoms with Crippen molar-refractivity contribution in [2.24, 2.45) is 0 Å². The van der Waals surface area contributed by atoms with Gasteiger partial charge in [0, 0.05) is 19.3 Å². The molecule has 68 valence electrons. The molecule has 0 atom stereocenters. The van der Waals surface area contributed by atoms with Gasteiger partial charge >= 0.3 is 0 Å². The van der Waals surface area contributed by atoms with Crippen LogP contribution in [0.3, 0.4) is 0 Å². The third-order valence-corrected chi connectivity index (χ3v) is 1.55. The normalized spacial score (nSPS) is 10.5. The van der Waals surface area contributed by atoms with Crippen LogP contribution < -0.4 is 5.32 Å². The Balaban J connectivity index is 2.15. The maximum absolute atomic E-state index is 11.6. The molecule has 1 aromatic heterocycles. The van der Waals surface area contributed by atoms with Crippen LogP contribution in [0.2, 0.25) is 0 Å². The van der Waals surface area contributed by atoms with Gasteiger partial charge in [0.15, 0.2) is 0 Å². The van der Waals surface area contributed by atoms with Gasteiger partial charge in [-0.15, -0.1) is 0 Å². The summed E-state index contributed by atoms with van der Waals surface area (Å²) in [6.07, 6.45) is 3.78. The van der Waals surface area contributed by atoms with Gasteiger partial charge in [-0.25, -0.2) is 4.39 Å². The summed E-state index contributed by atoms with van der Waals surface area (Å²) >= 11 is 0. The maximum Gasteiger partial charge on any atom is 0.102 e. The summed E-state index contributed by atoms with van der Waals surface area (Å²) in [5.41, 5.74) is 1.15. The van der Waals surface area contributed by atoms with Gasteiger partial charge in [-0.1, -0.05) is 0 Å². The van der Waals surface area contributed by atoms with Gasteiger partial charge in [0.25, 0.3) is 0 Å². The Morgan fingerprint density at radius 3 is 3.00 bits per heavy atom. The minimum Gasteiger partial charge on any atom is -0.312 e. The molecule has 0 bridgehead atoms. The Morgan fingerprint density at radius 1 is 1.58 bits per heavy atom. The minimum atomic E-state index is -0.307. The summed E-state index contributed by atoms with van der Waals surface area (Å²) in [6, 6.07) is 0. The zero-order chi connectivity index (χ0) is 8.81. The first kappa shape index (κ1) is 9.19. The Bertz CT molecular complexity index is 222. The molecule has 0 aliphatic carbocycles. The largest absolute Gasteiger partial charge is 0.312 e. The number of hydrogen-bond acceptors (Lipinski definition) is 2. The first-order chi connectivity index (χ1) is 5.83. The smallest absolute Gasteiger partial charge is 0.102 e. The third kappa shape index (κ3) is 3.00. The van der Waals surface area contributed by atoms with Gasteiger partial charge in [0.2, 0.25) is 0 Å². The average molecular weight is 171 g/mol. The zero-order valence-electron chi connectivity index (χ0n) is 7.26. The van der Waals surface area contributed by atoms with Gasteiger partial charge in [0.1, 0.15) is 6.67 Å². The lowest BCUT2D eigenvalue weighted by Crippen LogP contribution is -2.22. The van der Waals surface area contributed by atoms with Crippen molar-refractivity contribution in [2.45, 2.75) is 13.5 Å². The number of nitrogens with zero attached hydrogens (tertiary/aromatic N) is 2. The number of alkyl halides is 1. The van der Waals surface area contributed by atoms with E-state index in [-0.39, 0.29) is 6.67 Å². The van der Waals surface area contributed by atoms with Gasteiger partial charge in [-0.3, -0.25) is 4.68 Å². The van der Waals surface area contributed by atoms with Crippen molar-refractivity contribution in [3.05, 3.63) is 18.0 Å². The van der Waals surface area contributed by atoms with E-state index in [2.05, 4.69) is 10.4 Å². The molecule has 0 radical (unpaired) electrons. The average Bonchev–Trinajstić information content (AvgIpc) is 2.45. The van der Waals surface area contributed by atoms with Crippen molar-refractivity contribution in [1.29, 1.82) is 0 Å². The lowest BCUT2D eigenvalue weighted by molar-refractivity contribution is 0.455. The van der Waals surface area contributed by atoms with E-state index >= 15 is 0 Å². The second-order valence-electron chi connectivity index (χ2n) is 2.72. The second kappa shape index (κ2) is 4.87. The predicted molar refractivity (Wildman–Crippen MR) is 45.8 cm³/mol. The fraction of sp³-hybridized carbons (Fsp3) is 0.625. The highest BCUT2D eigenvalue weighted by Gasteiger charge is 1.92. The van der Waals surface area contributed by atoms with E-state index in [9.17, 15) is 4.39 Å². The molecule has 12 heavy (non-hydrogen) atoms. The third-order valence-electron chi connectivity index (χ3n) is 1.55. The molecule has 0 fully saturated rings. The lowest BCUT2D eigenvalue weighted by Gasteiger charge is -2.01.